The number of carbonyl (C=O) groups excluding carboxylic acids is 1. The highest BCUT2D eigenvalue weighted by molar-refractivity contribution is 14.0. The molecule has 6 nitrogen and oxygen atoms in total. The van der Waals surface area contributed by atoms with Gasteiger partial charge in [-0.1, -0.05) is 0 Å². The molecule has 1 amide bonds. The van der Waals surface area contributed by atoms with E-state index in [2.05, 4.69) is 20.9 Å². The predicted octanol–water partition coefficient (Wildman–Crippen LogP) is 1.25. The van der Waals surface area contributed by atoms with Crippen molar-refractivity contribution in [1.29, 1.82) is 0 Å². The van der Waals surface area contributed by atoms with Crippen LogP contribution in [0.15, 0.2) is 4.99 Å². The van der Waals surface area contributed by atoms with E-state index in [1.165, 1.54) is 0 Å². The second-order valence-electron chi connectivity index (χ2n) is 6.01. The Hall–Kier alpha value is -0.570. The van der Waals surface area contributed by atoms with E-state index in [4.69, 9.17) is 4.74 Å². The van der Waals surface area contributed by atoms with Crippen molar-refractivity contribution in [3.63, 3.8) is 0 Å². The first-order chi connectivity index (χ1) is 9.40. The van der Waals surface area contributed by atoms with Gasteiger partial charge in [0.1, 0.15) is 6.54 Å². The topological polar surface area (TPSA) is 74.8 Å². The van der Waals surface area contributed by atoms with Crippen molar-refractivity contribution < 1.29 is 9.53 Å². The third kappa shape index (κ3) is 9.89. The molecule has 0 spiro atoms. The zero-order valence-corrected chi connectivity index (χ0v) is 15.8. The zero-order valence-electron chi connectivity index (χ0n) is 13.5. The molecule has 1 fully saturated rings. The van der Waals surface area contributed by atoms with Crippen LogP contribution in [0.1, 0.15) is 40.5 Å². The molecule has 7 heteroatoms. The third-order valence-electron chi connectivity index (χ3n) is 2.76. The minimum atomic E-state index is -0.226. The van der Waals surface area contributed by atoms with Gasteiger partial charge in [-0.15, -0.1) is 24.0 Å². The number of hydrogen-bond acceptors (Lipinski definition) is 3. The minimum Gasteiger partial charge on any atom is -0.376 e. The molecule has 0 aliphatic carbocycles. The smallest absolute Gasteiger partial charge is 0.242 e. The summed E-state index contributed by atoms with van der Waals surface area (Å²) in [6, 6.07) is 0. The summed E-state index contributed by atoms with van der Waals surface area (Å²) in [6.45, 7) is 10.3. The molecule has 0 aromatic heterocycles. The number of nitrogens with one attached hydrogen (secondary N) is 3. The van der Waals surface area contributed by atoms with E-state index in [1.54, 1.807) is 0 Å². The van der Waals surface area contributed by atoms with E-state index in [1.807, 2.05) is 27.7 Å². The van der Waals surface area contributed by atoms with Crippen LogP contribution < -0.4 is 16.0 Å². The summed E-state index contributed by atoms with van der Waals surface area (Å²) < 4.78 is 5.55. The van der Waals surface area contributed by atoms with E-state index in [-0.39, 0.29) is 48.1 Å². The monoisotopic (exact) mass is 412 g/mol. The van der Waals surface area contributed by atoms with Crippen LogP contribution in [-0.4, -0.2) is 49.8 Å². The van der Waals surface area contributed by atoms with Crippen LogP contribution in [0.25, 0.3) is 0 Å². The van der Waals surface area contributed by atoms with Crippen LogP contribution in [0.2, 0.25) is 0 Å². The lowest BCUT2D eigenvalue weighted by atomic mass is 10.1. The molecule has 1 aliphatic rings. The summed E-state index contributed by atoms with van der Waals surface area (Å²) >= 11 is 0. The van der Waals surface area contributed by atoms with Gasteiger partial charge in [-0.2, -0.15) is 0 Å². The largest absolute Gasteiger partial charge is 0.376 e. The summed E-state index contributed by atoms with van der Waals surface area (Å²) in [5.74, 6) is 0.582. The van der Waals surface area contributed by atoms with Crippen LogP contribution >= 0.6 is 24.0 Å². The van der Waals surface area contributed by atoms with Crippen molar-refractivity contribution in [3.05, 3.63) is 0 Å². The summed E-state index contributed by atoms with van der Waals surface area (Å²) in [5.41, 5.74) is -0.226. The SMILES string of the molecule is CCNC(=NCC(=O)NC(C)(C)C)NCC1CCCO1.I. The average Bonchev–Trinajstić information content (AvgIpc) is 2.83. The number of ether oxygens (including phenoxy) is 1. The molecule has 1 aliphatic heterocycles. The number of aliphatic imine (C=N–C) groups is 1. The Morgan fingerprint density at radius 3 is 2.57 bits per heavy atom. The van der Waals surface area contributed by atoms with Gasteiger partial charge in [0.15, 0.2) is 5.96 Å². The first-order valence-electron chi connectivity index (χ1n) is 7.35. The zero-order chi connectivity index (χ0) is 15.0. The summed E-state index contributed by atoms with van der Waals surface area (Å²) in [5, 5.41) is 9.23. The van der Waals surface area contributed by atoms with Crippen molar-refractivity contribution >= 4 is 35.8 Å². The fraction of sp³-hybridized carbons (Fsp3) is 0.857. The standard InChI is InChI=1S/C14H28N4O2.HI/c1-5-15-13(16-9-11-7-6-8-20-11)17-10-12(19)18-14(2,3)4;/h11H,5-10H2,1-4H3,(H,18,19)(H2,15,16,17);1H. The van der Waals surface area contributed by atoms with Crippen LogP contribution in [-0.2, 0) is 9.53 Å². The molecule has 124 valence electrons. The first kappa shape index (κ1) is 20.4. The maximum atomic E-state index is 11.7. The average molecular weight is 412 g/mol. The Bertz CT molecular complexity index is 336. The van der Waals surface area contributed by atoms with E-state index < -0.39 is 0 Å². The molecule has 21 heavy (non-hydrogen) atoms. The van der Waals surface area contributed by atoms with Crippen molar-refractivity contribution in [2.45, 2.75) is 52.2 Å². The first-order valence-corrected chi connectivity index (χ1v) is 7.35. The molecule has 3 N–H and O–H groups in total. The van der Waals surface area contributed by atoms with E-state index in [0.717, 1.165) is 32.5 Å². The molecular weight excluding hydrogens is 383 g/mol. The number of carbonyl (C=O) groups is 1. The molecule has 0 aromatic carbocycles. The Morgan fingerprint density at radius 2 is 2.05 bits per heavy atom. The molecule has 1 rings (SSSR count). The number of rotatable bonds is 5. The Kier molecular flexibility index (Phi) is 9.93. The Morgan fingerprint density at radius 1 is 1.33 bits per heavy atom. The van der Waals surface area contributed by atoms with E-state index in [0.29, 0.717) is 5.96 Å². The van der Waals surface area contributed by atoms with Gasteiger partial charge in [-0.3, -0.25) is 4.79 Å². The van der Waals surface area contributed by atoms with Crippen LogP contribution in [0.5, 0.6) is 0 Å². The maximum Gasteiger partial charge on any atom is 0.242 e. The summed E-state index contributed by atoms with van der Waals surface area (Å²) in [7, 11) is 0. The molecule has 0 saturated carbocycles. The van der Waals surface area contributed by atoms with Crippen molar-refractivity contribution in [2.75, 3.05) is 26.2 Å². The number of hydrogen-bond donors (Lipinski definition) is 3. The summed E-state index contributed by atoms with van der Waals surface area (Å²) in [6.07, 6.45) is 2.45. The van der Waals surface area contributed by atoms with Gasteiger partial charge in [-0.05, 0) is 40.5 Å². The Balaban J connectivity index is 0.00000400. The van der Waals surface area contributed by atoms with E-state index >= 15 is 0 Å². The minimum absolute atomic E-state index is 0. The lowest BCUT2D eigenvalue weighted by molar-refractivity contribution is -0.121. The van der Waals surface area contributed by atoms with Gasteiger partial charge >= 0.3 is 0 Å². The van der Waals surface area contributed by atoms with Gasteiger partial charge in [0.2, 0.25) is 5.91 Å². The number of nitrogens with zero attached hydrogens (tertiary/aromatic N) is 1. The van der Waals surface area contributed by atoms with Gasteiger partial charge in [-0.25, -0.2) is 4.99 Å². The van der Waals surface area contributed by atoms with Crippen LogP contribution in [0.3, 0.4) is 0 Å². The summed E-state index contributed by atoms with van der Waals surface area (Å²) in [4.78, 5) is 16.0. The van der Waals surface area contributed by atoms with Gasteiger partial charge in [0.05, 0.1) is 6.10 Å². The second-order valence-corrected chi connectivity index (χ2v) is 6.01. The molecule has 1 unspecified atom stereocenters. The quantitative estimate of drug-likeness (QED) is 0.361. The highest BCUT2D eigenvalue weighted by atomic mass is 127. The number of guanidine groups is 1. The van der Waals surface area contributed by atoms with Crippen LogP contribution in [0, 0.1) is 0 Å². The highest BCUT2D eigenvalue weighted by Gasteiger charge is 2.16. The molecular formula is C14H29IN4O2. The fourth-order valence-corrected chi connectivity index (χ4v) is 1.97. The molecule has 1 heterocycles. The lowest BCUT2D eigenvalue weighted by Crippen LogP contribution is -2.44. The Labute approximate surface area is 144 Å². The normalized spacial score (nSPS) is 18.9. The predicted molar refractivity (Wildman–Crippen MR) is 96.3 cm³/mol. The molecule has 0 bridgehead atoms. The van der Waals surface area contributed by atoms with Gasteiger partial charge in [0.25, 0.3) is 0 Å². The molecule has 1 atom stereocenters. The lowest BCUT2D eigenvalue weighted by Gasteiger charge is -2.20. The van der Waals surface area contributed by atoms with Crippen molar-refractivity contribution in [3.8, 4) is 0 Å². The fourth-order valence-electron chi connectivity index (χ4n) is 1.97. The van der Waals surface area contributed by atoms with Gasteiger partial charge < -0.3 is 20.7 Å². The van der Waals surface area contributed by atoms with E-state index in [9.17, 15) is 4.79 Å². The van der Waals surface area contributed by atoms with Crippen LogP contribution in [0.4, 0.5) is 0 Å². The molecule has 1 saturated heterocycles. The molecule has 0 radical (unpaired) electrons. The second kappa shape index (κ2) is 10.2. The van der Waals surface area contributed by atoms with Crippen molar-refractivity contribution in [2.24, 2.45) is 4.99 Å². The molecule has 0 aromatic rings. The third-order valence-corrected chi connectivity index (χ3v) is 2.76. The van der Waals surface area contributed by atoms with Gasteiger partial charge in [0, 0.05) is 25.2 Å². The number of amides is 1. The van der Waals surface area contributed by atoms with Crippen molar-refractivity contribution in [1.82, 2.24) is 16.0 Å². The maximum absolute atomic E-state index is 11.7. The highest BCUT2D eigenvalue weighted by Crippen LogP contribution is 2.10. The number of halogens is 1.